The number of hydrogen-bond donors (Lipinski definition) is 2. The molecular weight excluding hydrogens is 272 g/mol. The average molecular weight is 302 g/mol. The minimum absolute atomic E-state index is 0.616. The van der Waals surface area contributed by atoms with E-state index in [0.29, 0.717) is 23.9 Å². The van der Waals surface area contributed by atoms with E-state index >= 15 is 0 Å². The van der Waals surface area contributed by atoms with Crippen molar-refractivity contribution >= 4 is 5.69 Å². The molecule has 2 heterocycles. The first-order chi connectivity index (χ1) is 10.5. The number of hydrogen-bond acceptors (Lipinski definition) is 4. The lowest BCUT2D eigenvalue weighted by molar-refractivity contribution is -0.00348. The van der Waals surface area contributed by atoms with Gasteiger partial charge < -0.3 is 20.9 Å². The molecule has 122 valence electrons. The number of fused-ring (bicyclic) bond motifs is 2. The van der Waals surface area contributed by atoms with E-state index < -0.39 is 0 Å². The molecule has 0 aromatic heterocycles. The maximum absolute atomic E-state index is 6.08. The Morgan fingerprint density at radius 1 is 1.14 bits per heavy atom. The third kappa shape index (κ3) is 3.29. The van der Waals surface area contributed by atoms with Crippen LogP contribution in [0.25, 0.3) is 0 Å². The zero-order chi connectivity index (χ0) is 15.7. The van der Waals surface area contributed by atoms with Crippen LogP contribution >= 0.6 is 0 Å². The zero-order valence-corrected chi connectivity index (χ0v) is 14.1. The molecule has 1 aromatic carbocycles. The molecule has 2 fully saturated rings. The smallest absolute Gasteiger partial charge is 0.0359 e. The molecule has 22 heavy (non-hydrogen) atoms. The molecule has 0 saturated carbocycles. The predicted molar refractivity (Wildman–Crippen MR) is 92.7 cm³/mol. The van der Waals surface area contributed by atoms with Crippen LogP contribution < -0.4 is 11.1 Å². The molecule has 0 radical (unpaired) electrons. The van der Waals surface area contributed by atoms with Gasteiger partial charge >= 0.3 is 0 Å². The van der Waals surface area contributed by atoms with Crippen LogP contribution in [0.2, 0.25) is 0 Å². The van der Waals surface area contributed by atoms with Gasteiger partial charge in [0.2, 0.25) is 0 Å². The lowest BCUT2D eigenvalue weighted by atomic mass is 9.79. The van der Waals surface area contributed by atoms with E-state index in [9.17, 15) is 0 Å². The molecule has 0 amide bonds. The highest BCUT2D eigenvalue weighted by Crippen LogP contribution is 2.30. The SMILES string of the molecule is CC(C)N1CC2CN(C)CC(C1)C2NCc1ccccc1N. The van der Waals surface area contributed by atoms with Crippen molar-refractivity contribution in [2.75, 3.05) is 39.0 Å². The number of anilines is 1. The fraction of sp³-hybridized carbons (Fsp3) is 0.667. The summed E-state index contributed by atoms with van der Waals surface area (Å²) in [5, 5.41) is 3.83. The summed E-state index contributed by atoms with van der Waals surface area (Å²) in [5.41, 5.74) is 8.20. The molecule has 0 aliphatic carbocycles. The Hall–Kier alpha value is -1.10. The van der Waals surface area contributed by atoms with Crippen LogP contribution in [0.15, 0.2) is 24.3 Å². The van der Waals surface area contributed by atoms with Crippen molar-refractivity contribution in [1.29, 1.82) is 0 Å². The van der Waals surface area contributed by atoms with Gasteiger partial charge in [-0.15, -0.1) is 0 Å². The number of nitrogens with zero attached hydrogens (tertiary/aromatic N) is 2. The summed E-state index contributed by atoms with van der Waals surface area (Å²) in [5.74, 6) is 1.43. The van der Waals surface area contributed by atoms with E-state index in [0.717, 1.165) is 12.2 Å². The summed E-state index contributed by atoms with van der Waals surface area (Å²) < 4.78 is 0. The third-order valence-electron chi connectivity index (χ3n) is 5.36. The highest BCUT2D eigenvalue weighted by Gasteiger charge is 2.41. The maximum atomic E-state index is 6.08. The van der Waals surface area contributed by atoms with Gasteiger partial charge in [0.1, 0.15) is 0 Å². The number of para-hydroxylation sites is 1. The number of nitrogens with one attached hydrogen (secondary N) is 1. The lowest BCUT2D eigenvalue weighted by Gasteiger charge is -2.51. The van der Waals surface area contributed by atoms with Gasteiger partial charge in [0.25, 0.3) is 0 Å². The quantitative estimate of drug-likeness (QED) is 0.830. The predicted octanol–water partition coefficient (Wildman–Crippen LogP) is 1.63. The number of rotatable bonds is 4. The molecule has 4 heteroatoms. The van der Waals surface area contributed by atoms with Gasteiger partial charge in [-0.25, -0.2) is 0 Å². The van der Waals surface area contributed by atoms with E-state index in [-0.39, 0.29) is 0 Å². The Morgan fingerprint density at radius 3 is 2.36 bits per heavy atom. The van der Waals surface area contributed by atoms with Crippen LogP contribution in [0, 0.1) is 11.8 Å². The number of nitrogen functional groups attached to an aromatic ring is 1. The summed E-state index contributed by atoms with van der Waals surface area (Å²) in [6.45, 7) is 10.3. The van der Waals surface area contributed by atoms with E-state index in [4.69, 9.17) is 5.73 Å². The van der Waals surface area contributed by atoms with Crippen LogP contribution in [-0.4, -0.2) is 55.1 Å². The number of piperidine rings is 2. The van der Waals surface area contributed by atoms with E-state index in [1.807, 2.05) is 12.1 Å². The minimum atomic E-state index is 0.616. The number of nitrogens with two attached hydrogens (primary N) is 1. The standard InChI is InChI=1S/C18H30N4/c1-13(2)22-11-15-9-21(3)10-16(12-22)18(15)20-8-14-6-4-5-7-17(14)19/h4-7,13,15-16,18,20H,8-12,19H2,1-3H3. The number of likely N-dealkylation sites (tertiary alicyclic amines) is 2. The Morgan fingerprint density at radius 2 is 1.77 bits per heavy atom. The van der Waals surface area contributed by atoms with Crippen LogP contribution in [0.4, 0.5) is 5.69 Å². The average Bonchev–Trinajstić information content (AvgIpc) is 2.45. The van der Waals surface area contributed by atoms with E-state index in [2.05, 4.69) is 48.1 Å². The molecule has 2 saturated heterocycles. The van der Waals surface area contributed by atoms with Gasteiger partial charge in [-0.2, -0.15) is 0 Å². The minimum Gasteiger partial charge on any atom is -0.398 e. The van der Waals surface area contributed by atoms with Crippen molar-refractivity contribution in [3.05, 3.63) is 29.8 Å². The summed E-state index contributed by atoms with van der Waals surface area (Å²) >= 11 is 0. The van der Waals surface area contributed by atoms with Gasteiger partial charge in [-0.1, -0.05) is 18.2 Å². The Bertz CT molecular complexity index is 486. The second-order valence-corrected chi connectivity index (χ2v) is 7.39. The molecule has 2 unspecified atom stereocenters. The number of benzene rings is 1. The molecule has 2 aliphatic rings. The molecule has 4 nitrogen and oxygen atoms in total. The first-order valence-electron chi connectivity index (χ1n) is 8.54. The summed E-state index contributed by atoms with van der Waals surface area (Å²) in [4.78, 5) is 5.15. The maximum Gasteiger partial charge on any atom is 0.0359 e. The lowest BCUT2D eigenvalue weighted by Crippen LogP contribution is -2.64. The molecule has 2 aliphatic heterocycles. The molecule has 0 spiro atoms. The molecular formula is C18H30N4. The topological polar surface area (TPSA) is 44.5 Å². The molecule has 2 atom stereocenters. The van der Waals surface area contributed by atoms with Gasteiger partial charge in [0.05, 0.1) is 0 Å². The molecule has 3 N–H and O–H groups in total. The second kappa shape index (κ2) is 6.57. The highest BCUT2D eigenvalue weighted by atomic mass is 15.2. The van der Waals surface area contributed by atoms with E-state index in [1.54, 1.807) is 0 Å². The first kappa shape index (κ1) is 15.8. The largest absolute Gasteiger partial charge is 0.398 e. The summed E-state index contributed by atoms with van der Waals surface area (Å²) in [6, 6.07) is 9.47. The van der Waals surface area contributed by atoms with Gasteiger partial charge in [-0.05, 0) is 44.4 Å². The summed E-state index contributed by atoms with van der Waals surface area (Å²) in [6.07, 6.45) is 0. The van der Waals surface area contributed by atoms with Crippen molar-refractivity contribution in [3.8, 4) is 0 Å². The van der Waals surface area contributed by atoms with E-state index in [1.165, 1.54) is 31.7 Å². The fourth-order valence-electron chi connectivity index (χ4n) is 4.18. The molecule has 1 aromatic rings. The second-order valence-electron chi connectivity index (χ2n) is 7.39. The Kier molecular flexibility index (Phi) is 4.71. The Balaban J connectivity index is 1.67. The normalized spacial score (nSPS) is 29.9. The zero-order valence-electron chi connectivity index (χ0n) is 14.1. The molecule has 2 bridgehead atoms. The monoisotopic (exact) mass is 302 g/mol. The first-order valence-corrected chi connectivity index (χ1v) is 8.54. The van der Waals surface area contributed by atoms with Crippen LogP contribution in [0.5, 0.6) is 0 Å². The van der Waals surface area contributed by atoms with Crippen molar-refractivity contribution < 1.29 is 0 Å². The third-order valence-corrected chi connectivity index (χ3v) is 5.36. The van der Waals surface area contributed by atoms with Gasteiger partial charge in [-0.3, -0.25) is 0 Å². The summed E-state index contributed by atoms with van der Waals surface area (Å²) in [7, 11) is 2.26. The van der Waals surface area contributed by atoms with Crippen molar-refractivity contribution in [3.63, 3.8) is 0 Å². The van der Waals surface area contributed by atoms with Crippen LogP contribution in [0.3, 0.4) is 0 Å². The van der Waals surface area contributed by atoms with Crippen molar-refractivity contribution in [2.45, 2.75) is 32.5 Å². The Labute approximate surface area is 134 Å². The fourth-order valence-corrected chi connectivity index (χ4v) is 4.18. The van der Waals surface area contributed by atoms with Crippen molar-refractivity contribution in [1.82, 2.24) is 15.1 Å². The highest BCUT2D eigenvalue weighted by molar-refractivity contribution is 5.46. The van der Waals surface area contributed by atoms with Crippen LogP contribution in [0.1, 0.15) is 19.4 Å². The van der Waals surface area contributed by atoms with Crippen molar-refractivity contribution in [2.24, 2.45) is 11.8 Å². The van der Waals surface area contributed by atoms with Gasteiger partial charge in [0.15, 0.2) is 0 Å². The van der Waals surface area contributed by atoms with Crippen LogP contribution in [-0.2, 0) is 6.54 Å². The molecule has 3 rings (SSSR count). The van der Waals surface area contributed by atoms with Gasteiger partial charge in [0, 0.05) is 50.5 Å².